The molecule has 1 atom stereocenters. The second-order valence-corrected chi connectivity index (χ2v) is 7.97. The molecule has 29 heavy (non-hydrogen) atoms. The number of hydrogen-bond donors (Lipinski definition) is 3. The summed E-state index contributed by atoms with van der Waals surface area (Å²) < 4.78 is 16.2. The fraction of sp³-hybridized carbons (Fsp3) is 0.364. The minimum atomic E-state index is -0.317. The van der Waals surface area contributed by atoms with Crippen LogP contribution in [0.3, 0.4) is 0 Å². The first-order valence-corrected chi connectivity index (χ1v) is 9.87. The Bertz CT molecular complexity index is 1250. The molecule has 3 aromatic rings. The number of nitrogens with zero attached hydrogens (tertiary/aromatic N) is 2. The topological polar surface area (TPSA) is 93.2 Å². The third kappa shape index (κ3) is 2.44. The van der Waals surface area contributed by atoms with Gasteiger partial charge >= 0.3 is 0 Å². The number of aromatic nitrogens is 2. The first-order chi connectivity index (χ1) is 14.0. The average molecular weight is 394 g/mol. The molecule has 0 spiro atoms. The molecular weight excluding hydrogens is 371 g/mol. The van der Waals surface area contributed by atoms with Crippen molar-refractivity contribution in [3.05, 3.63) is 61.7 Å². The Morgan fingerprint density at radius 2 is 2.17 bits per heavy atom. The number of aliphatic hydroxyl groups excluding tert-OH is 1. The van der Waals surface area contributed by atoms with Gasteiger partial charge in [0.15, 0.2) is 0 Å². The van der Waals surface area contributed by atoms with E-state index >= 15 is 0 Å². The lowest BCUT2D eigenvalue weighted by atomic mass is 9.82. The summed E-state index contributed by atoms with van der Waals surface area (Å²) >= 11 is 0. The molecule has 2 aromatic heterocycles. The first-order valence-electron chi connectivity index (χ1n) is 9.87. The summed E-state index contributed by atoms with van der Waals surface area (Å²) in [5.74, 6) is -0.261. The molecule has 7 heteroatoms. The van der Waals surface area contributed by atoms with Gasteiger partial charge in [-0.25, -0.2) is 9.37 Å². The van der Waals surface area contributed by atoms with E-state index in [1.807, 2.05) is 6.07 Å². The standard InChI is InChI=1S/C22H23FN4O2/c1-10-12-3-4-16(24)19-13-8-27-18(5-11(7-25-2)14(9-28)22(27)29)21(13)26-17(20(12)19)6-15(10)23/h5-6,16,25,28H,3-4,7-9,24H2,1-2H3. The molecule has 0 fully saturated rings. The molecule has 0 bridgehead atoms. The number of fused-ring (bicyclic) bond motifs is 4. The van der Waals surface area contributed by atoms with E-state index in [1.54, 1.807) is 18.5 Å². The highest BCUT2D eigenvalue weighted by atomic mass is 19.1. The zero-order valence-corrected chi connectivity index (χ0v) is 16.5. The number of nitrogens with two attached hydrogens (primary N) is 1. The van der Waals surface area contributed by atoms with Crippen LogP contribution in [0.1, 0.15) is 45.8 Å². The largest absolute Gasteiger partial charge is 0.391 e. The van der Waals surface area contributed by atoms with Gasteiger partial charge in [0.05, 0.1) is 30.1 Å². The summed E-state index contributed by atoms with van der Waals surface area (Å²) in [6.07, 6.45) is 1.46. The monoisotopic (exact) mass is 394 g/mol. The van der Waals surface area contributed by atoms with Crippen LogP contribution in [0.15, 0.2) is 16.9 Å². The van der Waals surface area contributed by atoms with Gasteiger partial charge in [0, 0.05) is 35.2 Å². The lowest BCUT2D eigenvalue weighted by Crippen LogP contribution is -2.26. The van der Waals surface area contributed by atoms with E-state index in [0.29, 0.717) is 41.1 Å². The zero-order chi connectivity index (χ0) is 20.4. The number of aliphatic hydroxyl groups is 1. The molecule has 4 N–H and O–H groups in total. The van der Waals surface area contributed by atoms with Crippen molar-refractivity contribution >= 4 is 10.9 Å². The number of halogens is 1. The predicted molar refractivity (Wildman–Crippen MR) is 109 cm³/mol. The molecule has 1 aliphatic carbocycles. The van der Waals surface area contributed by atoms with Crippen LogP contribution in [0.5, 0.6) is 0 Å². The quantitative estimate of drug-likeness (QED) is 0.494. The summed E-state index contributed by atoms with van der Waals surface area (Å²) in [7, 11) is 1.79. The summed E-state index contributed by atoms with van der Waals surface area (Å²) in [6.45, 7) is 2.32. The van der Waals surface area contributed by atoms with E-state index in [4.69, 9.17) is 10.7 Å². The van der Waals surface area contributed by atoms with E-state index in [9.17, 15) is 14.3 Å². The molecule has 150 valence electrons. The Hall–Kier alpha value is -2.61. The smallest absolute Gasteiger partial charge is 0.257 e. The van der Waals surface area contributed by atoms with Crippen LogP contribution in [-0.4, -0.2) is 21.7 Å². The van der Waals surface area contributed by atoms with Gasteiger partial charge in [-0.2, -0.15) is 0 Å². The lowest BCUT2D eigenvalue weighted by Gasteiger charge is -2.26. The fourth-order valence-electron chi connectivity index (χ4n) is 4.95. The Kier molecular flexibility index (Phi) is 4.10. The van der Waals surface area contributed by atoms with Gasteiger partial charge in [-0.3, -0.25) is 4.79 Å². The summed E-state index contributed by atoms with van der Waals surface area (Å²) in [4.78, 5) is 17.9. The van der Waals surface area contributed by atoms with E-state index in [0.717, 1.165) is 40.5 Å². The van der Waals surface area contributed by atoms with Crippen LogP contribution in [-0.2, 0) is 26.1 Å². The van der Waals surface area contributed by atoms with Crippen molar-refractivity contribution in [1.82, 2.24) is 14.9 Å². The molecule has 1 unspecified atom stereocenters. The summed E-state index contributed by atoms with van der Waals surface area (Å²) in [6, 6.07) is 3.21. The Morgan fingerprint density at radius 3 is 2.90 bits per heavy atom. The van der Waals surface area contributed by atoms with Crippen molar-refractivity contribution in [2.45, 2.75) is 45.5 Å². The van der Waals surface area contributed by atoms with Crippen LogP contribution >= 0.6 is 0 Å². The van der Waals surface area contributed by atoms with Crippen molar-refractivity contribution in [3.8, 4) is 11.4 Å². The van der Waals surface area contributed by atoms with Crippen molar-refractivity contribution in [1.29, 1.82) is 0 Å². The van der Waals surface area contributed by atoms with Gasteiger partial charge in [-0.15, -0.1) is 0 Å². The molecule has 0 amide bonds. The molecule has 5 rings (SSSR count). The highest BCUT2D eigenvalue weighted by Crippen LogP contribution is 2.43. The molecular formula is C22H23FN4O2. The molecule has 2 aliphatic rings. The number of rotatable bonds is 3. The maximum absolute atomic E-state index is 14.6. The zero-order valence-electron chi connectivity index (χ0n) is 16.5. The number of pyridine rings is 2. The minimum Gasteiger partial charge on any atom is -0.391 e. The average Bonchev–Trinajstić information content (AvgIpc) is 3.06. The van der Waals surface area contributed by atoms with Crippen LogP contribution in [0.4, 0.5) is 4.39 Å². The van der Waals surface area contributed by atoms with Crippen molar-refractivity contribution < 1.29 is 9.50 Å². The SMILES string of the molecule is CNCc1cc2n(c(=O)c1CO)Cc1c-2nc2cc(F)c(C)c3c2c1C(N)CC3. The highest BCUT2D eigenvalue weighted by molar-refractivity contribution is 5.92. The molecule has 0 radical (unpaired) electrons. The number of hydrogen-bond acceptors (Lipinski definition) is 5. The fourth-order valence-corrected chi connectivity index (χ4v) is 4.95. The molecule has 1 aliphatic heterocycles. The molecule has 0 saturated carbocycles. The normalized spacial score (nSPS) is 16.9. The number of nitrogens with one attached hydrogen (secondary N) is 1. The van der Waals surface area contributed by atoms with E-state index in [1.165, 1.54) is 6.07 Å². The Balaban J connectivity index is 1.87. The predicted octanol–water partition coefficient (Wildman–Crippen LogP) is 2.03. The third-order valence-electron chi connectivity index (χ3n) is 6.40. The highest BCUT2D eigenvalue weighted by Gasteiger charge is 2.33. The van der Waals surface area contributed by atoms with E-state index in [-0.39, 0.29) is 24.0 Å². The van der Waals surface area contributed by atoms with Crippen molar-refractivity contribution in [2.75, 3.05) is 7.05 Å². The first kappa shape index (κ1) is 18.4. The maximum Gasteiger partial charge on any atom is 0.257 e. The van der Waals surface area contributed by atoms with Gasteiger partial charge in [-0.05, 0) is 55.1 Å². The molecule has 0 saturated heterocycles. The Morgan fingerprint density at radius 1 is 1.38 bits per heavy atom. The van der Waals surface area contributed by atoms with Crippen molar-refractivity contribution in [3.63, 3.8) is 0 Å². The van der Waals surface area contributed by atoms with Crippen LogP contribution in [0, 0.1) is 12.7 Å². The molecule has 6 nitrogen and oxygen atoms in total. The van der Waals surface area contributed by atoms with Gasteiger partial charge in [0.25, 0.3) is 5.56 Å². The maximum atomic E-state index is 14.6. The van der Waals surface area contributed by atoms with Gasteiger partial charge in [0.2, 0.25) is 0 Å². The number of benzene rings is 1. The van der Waals surface area contributed by atoms with Gasteiger partial charge in [0.1, 0.15) is 5.82 Å². The second kappa shape index (κ2) is 6.45. The minimum absolute atomic E-state index is 0.175. The van der Waals surface area contributed by atoms with Crippen LogP contribution in [0.25, 0.3) is 22.3 Å². The Labute approximate surface area is 167 Å². The summed E-state index contributed by atoms with van der Waals surface area (Å²) in [5.41, 5.74) is 13.0. The van der Waals surface area contributed by atoms with Crippen LogP contribution < -0.4 is 16.6 Å². The molecule has 1 aromatic carbocycles. The number of aryl methyl sites for hydroxylation is 1. The van der Waals surface area contributed by atoms with Crippen molar-refractivity contribution in [2.24, 2.45) is 5.73 Å². The lowest BCUT2D eigenvalue weighted by molar-refractivity contribution is 0.278. The van der Waals surface area contributed by atoms with Gasteiger partial charge in [-0.1, -0.05) is 0 Å². The molecule has 3 heterocycles. The second-order valence-electron chi connectivity index (χ2n) is 7.97. The van der Waals surface area contributed by atoms with E-state index < -0.39 is 0 Å². The third-order valence-corrected chi connectivity index (χ3v) is 6.40. The van der Waals surface area contributed by atoms with Crippen LogP contribution in [0.2, 0.25) is 0 Å². The van der Waals surface area contributed by atoms with E-state index in [2.05, 4.69) is 5.32 Å². The van der Waals surface area contributed by atoms with Gasteiger partial charge < -0.3 is 20.7 Å². The summed E-state index contributed by atoms with van der Waals surface area (Å²) in [5, 5.41) is 13.7.